The molecule has 0 radical (unpaired) electrons. The summed E-state index contributed by atoms with van der Waals surface area (Å²) in [5.41, 5.74) is -1.06. The molecule has 0 unspecified atom stereocenters. The van der Waals surface area contributed by atoms with Crippen LogP contribution in [0, 0.1) is 5.82 Å². The van der Waals surface area contributed by atoms with Crippen LogP contribution in [0.5, 0.6) is 0 Å². The van der Waals surface area contributed by atoms with Crippen molar-refractivity contribution in [3.05, 3.63) is 59.4 Å². The van der Waals surface area contributed by atoms with Crippen LogP contribution in [0.1, 0.15) is 25.0 Å². The molecule has 2 N–H and O–H groups in total. The van der Waals surface area contributed by atoms with Crippen LogP contribution < -0.4 is 10.6 Å². The van der Waals surface area contributed by atoms with Gasteiger partial charge in [-0.15, -0.1) is 0 Å². The summed E-state index contributed by atoms with van der Waals surface area (Å²) in [4.78, 5) is 24.8. The maximum Gasteiger partial charge on any atom is 0.418 e. The Labute approximate surface area is 159 Å². The molecule has 0 fully saturated rings. The molecule has 0 saturated heterocycles. The molecule has 2 aromatic rings. The largest absolute Gasteiger partial charge is 0.418 e. The smallest absolute Gasteiger partial charge is 0.326 e. The van der Waals surface area contributed by atoms with Crippen LogP contribution in [0.15, 0.2) is 42.5 Å². The van der Waals surface area contributed by atoms with Crippen LogP contribution in [-0.4, -0.2) is 23.4 Å². The van der Waals surface area contributed by atoms with Gasteiger partial charge in [-0.05, 0) is 42.8 Å². The molecule has 0 heterocycles. The third-order valence-electron chi connectivity index (χ3n) is 3.82. The SMILES string of the molecule is CCN(Cc1cccc(F)c1)C(=O)Nc1ccc(NC(C)=O)cc1C(F)(F)F. The fraction of sp³-hybridized carbons (Fsp3) is 0.263. The van der Waals surface area contributed by atoms with Crippen LogP contribution in [0.4, 0.5) is 33.7 Å². The van der Waals surface area contributed by atoms with Crippen molar-refractivity contribution in [1.82, 2.24) is 4.90 Å². The molecule has 150 valence electrons. The average Bonchev–Trinajstić information content (AvgIpc) is 2.59. The highest BCUT2D eigenvalue weighted by atomic mass is 19.4. The quantitative estimate of drug-likeness (QED) is 0.708. The first-order chi connectivity index (χ1) is 13.1. The number of urea groups is 1. The van der Waals surface area contributed by atoms with Gasteiger partial charge in [0.25, 0.3) is 0 Å². The van der Waals surface area contributed by atoms with Crippen molar-refractivity contribution in [3.63, 3.8) is 0 Å². The van der Waals surface area contributed by atoms with Crippen molar-refractivity contribution >= 4 is 23.3 Å². The Kier molecular flexibility index (Phi) is 6.61. The minimum absolute atomic E-state index is 0.0332. The highest BCUT2D eigenvalue weighted by molar-refractivity contribution is 5.92. The summed E-state index contributed by atoms with van der Waals surface area (Å²) >= 11 is 0. The number of carbonyl (C=O) groups excluding carboxylic acids is 2. The molecule has 0 atom stereocenters. The highest BCUT2D eigenvalue weighted by Gasteiger charge is 2.34. The van der Waals surface area contributed by atoms with Crippen molar-refractivity contribution in [1.29, 1.82) is 0 Å². The second-order valence-electron chi connectivity index (χ2n) is 6.01. The van der Waals surface area contributed by atoms with Crippen LogP contribution in [0.2, 0.25) is 0 Å². The van der Waals surface area contributed by atoms with E-state index in [9.17, 15) is 27.2 Å². The van der Waals surface area contributed by atoms with Crippen molar-refractivity contribution in [2.75, 3.05) is 17.2 Å². The van der Waals surface area contributed by atoms with Gasteiger partial charge < -0.3 is 15.5 Å². The van der Waals surface area contributed by atoms with E-state index in [0.29, 0.717) is 5.56 Å². The summed E-state index contributed by atoms with van der Waals surface area (Å²) in [7, 11) is 0. The number of nitrogens with zero attached hydrogens (tertiary/aromatic N) is 1. The van der Waals surface area contributed by atoms with Crippen molar-refractivity contribution in [2.24, 2.45) is 0 Å². The van der Waals surface area contributed by atoms with Gasteiger partial charge in [-0.3, -0.25) is 4.79 Å². The normalized spacial score (nSPS) is 11.1. The lowest BCUT2D eigenvalue weighted by Gasteiger charge is -2.23. The van der Waals surface area contributed by atoms with Crippen LogP contribution in [0.25, 0.3) is 0 Å². The molecule has 0 aliphatic rings. The molecule has 0 aromatic heterocycles. The molecular weight excluding hydrogens is 378 g/mol. The lowest BCUT2D eigenvalue weighted by atomic mass is 10.1. The first-order valence-electron chi connectivity index (χ1n) is 8.39. The number of rotatable bonds is 5. The molecule has 28 heavy (non-hydrogen) atoms. The molecule has 0 bridgehead atoms. The van der Waals surface area contributed by atoms with Gasteiger partial charge >= 0.3 is 12.2 Å². The van der Waals surface area contributed by atoms with Gasteiger partial charge in [0.05, 0.1) is 11.3 Å². The number of amides is 3. The van der Waals surface area contributed by atoms with Crippen LogP contribution in [0.3, 0.4) is 0 Å². The maximum atomic E-state index is 13.4. The number of hydrogen-bond acceptors (Lipinski definition) is 2. The van der Waals surface area contributed by atoms with E-state index in [4.69, 9.17) is 0 Å². The van der Waals surface area contributed by atoms with Gasteiger partial charge in [0.2, 0.25) is 5.91 Å². The fourth-order valence-electron chi connectivity index (χ4n) is 2.55. The molecule has 0 saturated carbocycles. The van der Waals surface area contributed by atoms with Crippen LogP contribution in [-0.2, 0) is 17.5 Å². The number of carbonyl (C=O) groups is 2. The standard InChI is InChI=1S/C19H19F4N3O2/c1-3-26(11-13-5-4-6-14(20)9-13)18(28)25-17-8-7-15(24-12(2)27)10-16(17)19(21,22)23/h4-10H,3,11H2,1-2H3,(H,24,27)(H,25,28). The minimum Gasteiger partial charge on any atom is -0.326 e. The predicted molar refractivity (Wildman–Crippen MR) is 97.3 cm³/mol. The molecule has 0 spiro atoms. The summed E-state index contributed by atoms with van der Waals surface area (Å²) in [5, 5.41) is 4.52. The van der Waals surface area contributed by atoms with Gasteiger partial charge in [0, 0.05) is 25.7 Å². The lowest BCUT2D eigenvalue weighted by molar-refractivity contribution is -0.137. The zero-order valence-electron chi connectivity index (χ0n) is 15.2. The lowest BCUT2D eigenvalue weighted by Crippen LogP contribution is -2.34. The molecular formula is C19H19F4N3O2. The average molecular weight is 397 g/mol. The molecule has 0 aliphatic carbocycles. The van der Waals surface area contributed by atoms with E-state index in [0.717, 1.165) is 12.1 Å². The molecule has 2 aromatic carbocycles. The fourth-order valence-corrected chi connectivity index (χ4v) is 2.55. The molecule has 3 amide bonds. The van der Waals surface area contributed by atoms with E-state index in [-0.39, 0.29) is 18.8 Å². The van der Waals surface area contributed by atoms with Crippen molar-refractivity contribution in [2.45, 2.75) is 26.6 Å². The monoisotopic (exact) mass is 397 g/mol. The Balaban J connectivity index is 2.24. The third kappa shape index (κ3) is 5.70. The second-order valence-corrected chi connectivity index (χ2v) is 6.01. The highest BCUT2D eigenvalue weighted by Crippen LogP contribution is 2.36. The summed E-state index contributed by atoms with van der Waals surface area (Å²) in [6.07, 6.45) is -4.74. The van der Waals surface area contributed by atoms with E-state index >= 15 is 0 Å². The number of hydrogen-bond donors (Lipinski definition) is 2. The molecule has 2 rings (SSSR count). The third-order valence-corrected chi connectivity index (χ3v) is 3.82. The minimum atomic E-state index is -4.74. The Morgan fingerprint density at radius 1 is 1.07 bits per heavy atom. The number of nitrogens with one attached hydrogen (secondary N) is 2. The van der Waals surface area contributed by atoms with Crippen molar-refractivity contribution in [3.8, 4) is 0 Å². The van der Waals surface area contributed by atoms with E-state index in [2.05, 4.69) is 10.6 Å². The van der Waals surface area contributed by atoms with Crippen LogP contribution >= 0.6 is 0 Å². The first kappa shape index (κ1) is 21.2. The van der Waals surface area contributed by atoms with E-state index < -0.39 is 35.2 Å². The first-order valence-corrected chi connectivity index (χ1v) is 8.39. The number of halogens is 4. The van der Waals surface area contributed by atoms with Gasteiger partial charge in [0.15, 0.2) is 0 Å². The molecule has 0 aliphatic heterocycles. The molecule has 9 heteroatoms. The predicted octanol–water partition coefficient (Wildman–Crippen LogP) is 4.86. The van der Waals surface area contributed by atoms with Gasteiger partial charge in [-0.25, -0.2) is 9.18 Å². The number of alkyl halides is 3. The maximum absolute atomic E-state index is 13.4. The summed E-state index contributed by atoms with van der Waals surface area (Å²) in [5.74, 6) is -0.987. The van der Waals surface area contributed by atoms with Crippen molar-refractivity contribution < 1.29 is 27.2 Å². The Hall–Kier alpha value is -3.10. The number of anilines is 2. The topological polar surface area (TPSA) is 61.4 Å². The van der Waals surface area contributed by atoms with E-state index in [1.54, 1.807) is 13.0 Å². The Morgan fingerprint density at radius 3 is 2.36 bits per heavy atom. The zero-order chi connectivity index (χ0) is 20.9. The van der Waals surface area contributed by atoms with Gasteiger partial charge in [0.1, 0.15) is 5.82 Å². The Morgan fingerprint density at radius 2 is 1.79 bits per heavy atom. The Bertz CT molecular complexity index is 868. The summed E-state index contributed by atoms with van der Waals surface area (Å²) in [6.45, 7) is 3.07. The zero-order valence-corrected chi connectivity index (χ0v) is 15.2. The number of benzene rings is 2. The summed E-state index contributed by atoms with van der Waals surface area (Å²) < 4.78 is 53.4. The van der Waals surface area contributed by atoms with Gasteiger partial charge in [-0.1, -0.05) is 12.1 Å². The molecule has 5 nitrogen and oxygen atoms in total. The summed E-state index contributed by atoms with van der Waals surface area (Å²) in [6, 6.07) is 7.92. The van der Waals surface area contributed by atoms with Gasteiger partial charge in [-0.2, -0.15) is 13.2 Å². The second kappa shape index (κ2) is 8.73. The van der Waals surface area contributed by atoms with E-state index in [1.165, 1.54) is 36.1 Å². The van der Waals surface area contributed by atoms with E-state index in [1.807, 2.05) is 0 Å².